The number of ether oxygens (including phenoxy) is 1. The van der Waals surface area contributed by atoms with Crippen molar-refractivity contribution in [2.24, 2.45) is 0 Å². The van der Waals surface area contributed by atoms with Crippen molar-refractivity contribution >= 4 is 11.4 Å². The number of rotatable bonds is 9. The molecular formula is C18H20N2O4. The summed E-state index contributed by atoms with van der Waals surface area (Å²) in [5.74, 6) is 0.715. The molecule has 0 bridgehead atoms. The molecule has 0 fully saturated rings. The number of non-ortho nitro benzene ring substituents is 1. The highest BCUT2D eigenvalue weighted by molar-refractivity contribution is 5.50. The zero-order chi connectivity index (χ0) is 17.4. The Balaban J connectivity index is 1.86. The quantitative estimate of drug-likeness (QED) is 0.419. The minimum atomic E-state index is -0.749. The smallest absolute Gasteiger partial charge is 0.271 e. The second-order valence-corrected chi connectivity index (χ2v) is 5.25. The number of benzene rings is 2. The van der Waals surface area contributed by atoms with Crippen LogP contribution in [-0.4, -0.2) is 29.3 Å². The molecule has 1 atom stereocenters. The number of aliphatic hydroxyl groups excluding tert-OH is 1. The predicted octanol–water partition coefficient (Wildman–Crippen LogP) is 3.18. The highest BCUT2D eigenvalue weighted by Gasteiger charge is 2.09. The van der Waals surface area contributed by atoms with E-state index in [-0.39, 0.29) is 18.8 Å². The van der Waals surface area contributed by atoms with Gasteiger partial charge in [0.1, 0.15) is 18.5 Å². The lowest BCUT2D eigenvalue weighted by atomic mass is 10.1. The Kier molecular flexibility index (Phi) is 6.33. The van der Waals surface area contributed by atoms with E-state index in [1.165, 1.54) is 12.1 Å². The second-order valence-electron chi connectivity index (χ2n) is 5.25. The molecule has 0 aromatic heterocycles. The number of hydrogen-bond donors (Lipinski definition) is 2. The van der Waals surface area contributed by atoms with Gasteiger partial charge in [0, 0.05) is 24.4 Å². The number of allylic oxidation sites excluding steroid dienone is 1. The highest BCUT2D eigenvalue weighted by Crippen LogP contribution is 2.19. The van der Waals surface area contributed by atoms with Gasteiger partial charge in [-0.3, -0.25) is 10.1 Å². The van der Waals surface area contributed by atoms with Crippen LogP contribution in [-0.2, 0) is 6.42 Å². The molecule has 2 rings (SSSR count). The number of nitrogens with one attached hydrogen (secondary N) is 1. The molecule has 0 radical (unpaired) electrons. The first kappa shape index (κ1) is 17.5. The van der Waals surface area contributed by atoms with Crippen molar-refractivity contribution in [1.29, 1.82) is 0 Å². The van der Waals surface area contributed by atoms with Gasteiger partial charge in [-0.1, -0.05) is 30.3 Å². The van der Waals surface area contributed by atoms with Gasteiger partial charge in [0.2, 0.25) is 0 Å². The average molecular weight is 328 g/mol. The van der Waals surface area contributed by atoms with Gasteiger partial charge in [-0.25, -0.2) is 0 Å². The van der Waals surface area contributed by atoms with Crippen molar-refractivity contribution in [3.63, 3.8) is 0 Å². The van der Waals surface area contributed by atoms with E-state index < -0.39 is 11.0 Å². The van der Waals surface area contributed by atoms with Crippen LogP contribution in [0.1, 0.15) is 5.56 Å². The number of aliphatic hydroxyl groups is 1. The Bertz CT molecular complexity index is 703. The molecule has 0 aliphatic carbocycles. The molecule has 2 aromatic rings. The van der Waals surface area contributed by atoms with Gasteiger partial charge in [0.05, 0.1) is 4.92 Å². The van der Waals surface area contributed by atoms with Gasteiger partial charge < -0.3 is 15.2 Å². The number of anilines is 1. The molecule has 0 heterocycles. The average Bonchev–Trinajstić information content (AvgIpc) is 2.59. The summed E-state index contributed by atoms with van der Waals surface area (Å²) < 4.78 is 5.66. The van der Waals surface area contributed by atoms with E-state index in [0.29, 0.717) is 17.9 Å². The fraction of sp³-hybridized carbons (Fsp3) is 0.222. The summed E-state index contributed by atoms with van der Waals surface area (Å²) in [5.41, 5.74) is 1.59. The first-order valence-electron chi connectivity index (χ1n) is 7.58. The van der Waals surface area contributed by atoms with E-state index in [2.05, 4.69) is 11.9 Å². The molecule has 0 amide bonds. The van der Waals surface area contributed by atoms with Crippen LogP contribution in [0.3, 0.4) is 0 Å². The number of nitro groups is 1. The molecule has 0 saturated heterocycles. The standard InChI is InChI=1S/C18H20N2O4/c1-2-6-14-7-3-4-10-18(14)24-13-17(21)12-19-15-8-5-9-16(11-15)20(22)23/h2-5,7-11,17,19,21H,1,6,12-13H2. The Morgan fingerprint density at radius 1 is 1.29 bits per heavy atom. The largest absolute Gasteiger partial charge is 0.491 e. The number of para-hydroxylation sites is 1. The van der Waals surface area contributed by atoms with Crippen LogP contribution in [0.5, 0.6) is 5.75 Å². The minimum absolute atomic E-state index is 0.00379. The highest BCUT2D eigenvalue weighted by atomic mass is 16.6. The number of hydrogen-bond acceptors (Lipinski definition) is 5. The molecule has 0 aliphatic rings. The van der Waals surface area contributed by atoms with Crippen molar-refractivity contribution in [1.82, 2.24) is 0 Å². The van der Waals surface area contributed by atoms with Crippen LogP contribution in [0, 0.1) is 10.1 Å². The van der Waals surface area contributed by atoms with Crippen LogP contribution in [0.25, 0.3) is 0 Å². The molecule has 0 spiro atoms. The van der Waals surface area contributed by atoms with Gasteiger partial charge in [-0.15, -0.1) is 6.58 Å². The normalized spacial score (nSPS) is 11.5. The Morgan fingerprint density at radius 2 is 2.08 bits per heavy atom. The molecule has 6 heteroatoms. The lowest BCUT2D eigenvalue weighted by Gasteiger charge is -2.15. The third-order valence-electron chi connectivity index (χ3n) is 3.37. The van der Waals surface area contributed by atoms with E-state index in [0.717, 1.165) is 5.56 Å². The Hall–Kier alpha value is -2.86. The van der Waals surface area contributed by atoms with Gasteiger partial charge >= 0.3 is 0 Å². The number of nitrogens with zero attached hydrogens (tertiary/aromatic N) is 1. The second kappa shape index (κ2) is 8.69. The van der Waals surface area contributed by atoms with Crippen LogP contribution < -0.4 is 10.1 Å². The molecule has 126 valence electrons. The summed E-state index contributed by atoms with van der Waals surface area (Å²) >= 11 is 0. The minimum Gasteiger partial charge on any atom is -0.491 e. The molecule has 24 heavy (non-hydrogen) atoms. The van der Waals surface area contributed by atoms with E-state index in [1.54, 1.807) is 18.2 Å². The summed E-state index contributed by atoms with van der Waals surface area (Å²) in [4.78, 5) is 10.3. The first-order valence-corrected chi connectivity index (χ1v) is 7.58. The molecule has 0 saturated carbocycles. The predicted molar refractivity (Wildman–Crippen MR) is 93.4 cm³/mol. The summed E-state index contributed by atoms with van der Waals surface area (Å²) in [5, 5.41) is 23.7. The maximum atomic E-state index is 10.7. The van der Waals surface area contributed by atoms with E-state index >= 15 is 0 Å². The van der Waals surface area contributed by atoms with Gasteiger partial charge in [-0.05, 0) is 24.1 Å². The molecule has 2 N–H and O–H groups in total. The maximum Gasteiger partial charge on any atom is 0.271 e. The van der Waals surface area contributed by atoms with Crippen LogP contribution in [0.4, 0.5) is 11.4 Å². The van der Waals surface area contributed by atoms with Crippen LogP contribution in [0.2, 0.25) is 0 Å². The lowest BCUT2D eigenvalue weighted by Crippen LogP contribution is -2.26. The van der Waals surface area contributed by atoms with E-state index in [1.807, 2.05) is 24.3 Å². The maximum absolute atomic E-state index is 10.7. The molecule has 2 aromatic carbocycles. The topological polar surface area (TPSA) is 84.6 Å². The van der Waals surface area contributed by atoms with Gasteiger partial charge in [-0.2, -0.15) is 0 Å². The zero-order valence-corrected chi connectivity index (χ0v) is 13.2. The third kappa shape index (κ3) is 5.10. The lowest BCUT2D eigenvalue weighted by molar-refractivity contribution is -0.384. The van der Waals surface area contributed by atoms with Crippen molar-refractivity contribution in [3.8, 4) is 5.75 Å². The fourth-order valence-corrected chi connectivity index (χ4v) is 2.18. The summed E-state index contributed by atoms with van der Waals surface area (Å²) in [6.07, 6.45) is 1.74. The van der Waals surface area contributed by atoms with Crippen molar-refractivity contribution in [2.45, 2.75) is 12.5 Å². The number of nitro benzene ring substituents is 1. The fourth-order valence-electron chi connectivity index (χ4n) is 2.18. The zero-order valence-electron chi connectivity index (χ0n) is 13.2. The van der Waals surface area contributed by atoms with E-state index in [9.17, 15) is 15.2 Å². The van der Waals surface area contributed by atoms with Crippen molar-refractivity contribution in [2.75, 3.05) is 18.5 Å². The molecule has 6 nitrogen and oxygen atoms in total. The van der Waals surface area contributed by atoms with Crippen molar-refractivity contribution < 1.29 is 14.8 Å². The first-order chi connectivity index (χ1) is 11.6. The van der Waals surface area contributed by atoms with Crippen LogP contribution >= 0.6 is 0 Å². The Morgan fingerprint density at radius 3 is 2.83 bits per heavy atom. The molecular weight excluding hydrogens is 308 g/mol. The van der Waals surface area contributed by atoms with Crippen LogP contribution in [0.15, 0.2) is 61.2 Å². The SMILES string of the molecule is C=CCc1ccccc1OCC(O)CNc1cccc([N+](=O)[O-])c1. The van der Waals surface area contributed by atoms with E-state index in [4.69, 9.17) is 4.74 Å². The van der Waals surface area contributed by atoms with Gasteiger partial charge in [0.15, 0.2) is 0 Å². The summed E-state index contributed by atoms with van der Waals surface area (Å²) in [6.45, 7) is 4.06. The summed E-state index contributed by atoms with van der Waals surface area (Å²) in [6, 6.07) is 13.7. The molecule has 0 aliphatic heterocycles. The van der Waals surface area contributed by atoms with Crippen molar-refractivity contribution in [3.05, 3.63) is 76.9 Å². The monoisotopic (exact) mass is 328 g/mol. The third-order valence-corrected chi connectivity index (χ3v) is 3.37. The summed E-state index contributed by atoms with van der Waals surface area (Å²) in [7, 11) is 0. The molecule has 1 unspecified atom stereocenters. The van der Waals surface area contributed by atoms with Gasteiger partial charge in [0.25, 0.3) is 5.69 Å². The Labute approximate surface area is 140 Å².